The summed E-state index contributed by atoms with van der Waals surface area (Å²) in [7, 11) is 0. The number of pyridine rings is 1. The minimum Gasteiger partial charge on any atom is -0.394 e. The van der Waals surface area contributed by atoms with Crippen molar-refractivity contribution in [3.05, 3.63) is 29.6 Å². The Morgan fingerprint density at radius 2 is 2.06 bits per heavy atom. The monoisotopic (exact) mass is 234 g/mol. The minimum absolute atomic E-state index is 0.00205. The number of aliphatic hydroxyl groups excluding tert-OH is 1. The second-order valence-electron chi connectivity index (χ2n) is 4.37. The lowest BCUT2D eigenvalue weighted by molar-refractivity contribution is 0.0450. The lowest BCUT2D eigenvalue weighted by Gasteiger charge is -2.27. The zero-order valence-electron chi connectivity index (χ0n) is 9.75. The van der Waals surface area contributed by atoms with Crippen molar-refractivity contribution in [1.82, 2.24) is 9.88 Å². The molecule has 0 saturated heterocycles. The average molecular weight is 234 g/mol. The van der Waals surface area contributed by atoms with E-state index in [1.807, 2.05) is 13.8 Å². The van der Waals surface area contributed by atoms with E-state index in [9.17, 15) is 14.7 Å². The van der Waals surface area contributed by atoms with E-state index >= 15 is 0 Å². The number of imide groups is 1. The predicted octanol–water partition coefficient (Wildman–Crippen LogP) is 0.695. The van der Waals surface area contributed by atoms with Crippen LogP contribution in [0.15, 0.2) is 18.3 Å². The molecule has 1 aromatic rings. The summed E-state index contributed by atoms with van der Waals surface area (Å²) in [6.07, 6.45) is 1.48. The Morgan fingerprint density at radius 1 is 1.35 bits per heavy atom. The van der Waals surface area contributed by atoms with Gasteiger partial charge in [0, 0.05) is 6.20 Å². The van der Waals surface area contributed by atoms with Gasteiger partial charge in [0.15, 0.2) is 0 Å². The van der Waals surface area contributed by atoms with E-state index in [-0.39, 0.29) is 24.1 Å². The third kappa shape index (κ3) is 1.72. The summed E-state index contributed by atoms with van der Waals surface area (Å²) in [5, 5.41) is 9.30. The maximum Gasteiger partial charge on any atom is 0.280 e. The third-order valence-electron chi connectivity index (χ3n) is 2.97. The molecule has 1 aliphatic heterocycles. The first-order valence-corrected chi connectivity index (χ1v) is 5.51. The zero-order chi connectivity index (χ0) is 12.6. The first kappa shape index (κ1) is 11.7. The van der Waals surface area contributed by atoms with Crippen LogP contribution in [0.25, 0.3) is 0 Å². The van der Waals surface area contributed by atoms with Gasteiger partial charge in [-0.25, -0.2) is 0 Å². The summed E-state index contributed by atoms with van der Waals surface area (Å²) in [4.78, 5) is 29.1. The van der Waals surface area contributed by atoms with E-state index < -0.39 is 11.9 Å². The summed E-state index contributed by atoms with van der Waals surface area (Å²) in [5.41, 5.74) is 0.494. The molecule has 2 amide bonds. The van der Waals surface area contributed by atoms with Crippen molar-refractivity contribution in [3.8, 4) is 0 Å². The molecule has 2 heterocycles. The number of amides is 2. The summed E-state index contributed by atoms with van der Waals surface area (Å²) in [5.74, 6) is -0.786. The van der Waals surface area contributed by atoms with E-state index in [1.165, 1.54) is 6.20 Å². The number of fused-ring (bicyclic) bond motifs is 1. The second-order valence-corrected chi connectivity index (χ2v) is 4.37. The SMILES string of the molecule is CC(C)C(CO)N1C(=O)c2cccnc2C1=O. The molecule has 0 spiro atoms. The van der Waals surface area contributed by atoms with Gasteiger partial charge in [-0.05, 0) is 18.1 Å². The van der Waals surface area contributed by atoms with Crippen LogP contribution < -0.4 is 0 Å². The molecule has 5 heteroatoms. The van der Waals surface area contributed by atoms with Gasteiger partial charge in [0.2, 0.25) is 0 Å². The van der Waals surface area contributed by atoms with Crippen LogP contribution >= 0.6 is 0 Å². The van der Waals surface area contributed by atoms with Gasteiger partial charge in [-0.2, -0.15) is 0 Å². The molecular formula is C12H14N2O3. The molecule has 1 aromatic heterocycles. The maximum absolute atomic E-state index is 12.1. The molecule has 17 heavy (non-hydrogen) atoms. The van der Waals surface area contributed by atoms with E-state index in [0.717, 1.165) is 4.90 Å². The van der Waals surface area contributed by atoms with Crippen LogP contribution in [0, 0.1) is 5.92 Å². The molecule has 0 radical (unpaired) electrons. The van der Waals surface area contributed by atoms with Crippen molar-refractivity contribution >= 4 is 11.8 Å². The van der Waals surface area contributed by atoms with Crippen LogP contribution in [-0.4, -0.2) is 39.5 Å². The van der Waals surface area contributed by atoms with Gasteiger partial charge in [-0.3, -0.25) is 19.5 Å². The lowest BCUT2D eigenvalue weighted by atomic mass is 10.0. The molecule has 1 aliphatic rings. The van der Waals surface area contributed by atoms with Crippen molar-refractivity contribution in [3.63, 3.8) is 0 Å². The highest BCUT2D eigenvalue weighted by Crippen LogP contribution is 2.25. The summed E-state index contributed by atoms with van der Waals surface area (Å²) < 4.78 is 0. The summed E-state index contributed by atoms with van der Waals surface area (Å²) >= 11 is 0. The van der Waals surface area contributed by atoms with Gasteiger partial charge in [-0.1, -0.05) is 13.8 Å². The Morgan fingerprint density at radius 3 is 2.59 bits per heavy atom. The molecule has 0 bridgehead atoms. The van der Waals surface area contributed by atoms with Crippen LogP contribution in [0.5, 0.6) is 0 Å². The van der Waals surface area contributed by atoms with Crippen molar-refractivity contribution in [2.45, 2.75) is 19.9 Å². The van der Waals surface area contributed by atoms with Crippen molar-refractivity contribution < 1.29 is 14.7 Å². The molecule has 1 unspecified atom stereocenters. The van der Waals surface area contributed by atoms with Gasteiger partial charge < -0.3 is 5.11 Å². The third-order valence-corrected chi connectivity index (χ3v) is 2.97. The molecule has 0 fully saturated rings. The lowest BCUT2D eigenvalue weighted by Crippen LogP contribution is -2.45. The Bertz CT molecular complexity index is 436. The smallest absolute Gasteiger partial charge is 0.280 e. The number of hydrogen-bond acceptors (Lipinski definition) is 4. The highest BCUT2D eigenvalue weighted by molar-refractivity contribution is 6.20. The number of hydrogen-bond donors (Lipinski definition) is 1. The Labute approximate surface area is 99.1 Å². The van der Waals surface area contributed by atoms with E-state index in [0.29, 0.717) is 5.56 Å². The molecule has 5 nitrogen and oxygen atoms in total. The van der Waals surface area contributed by atoms with Gasteiger partial charge in [0.05, 0.1) is 18.2 Å². The van der Waals surface area contributed by atoms with E-state index in [4.69, 9.17) is 0 Å². The topological polar surface area (TPSA) is 70.5 Å². The molecular weight excluding hydrogens is 220 g/mol. The Hall–Kier alpha value is -1.75. The normalized spacial score (nSPS) is 16.6. The standard InChI is InChI=1S/C12H14N2O3/c1-7(2)9(6-15)14-11(16)8-4-3-5-13-10(8)12(14)17/h3-5,7,9,15H,6H2,1-2H3. The maximum atomic E-state index is 12.1. The number of aromatic nitrogens is 1. The molecule has 1 N–H and O–H groups in total. The van der Waals surface area contributed by atoms with Crippen LogP contribution in [0.1, 0.15) is 34.7 Å². The fourth-order valence-corrected chi connectivity index (χ4v) is 1.98. The molecule has 1 atom stereocenters. The van der Waals surface area contributed by atoms with Crippen molar-refractivity contribution in [1.29, 1.82) is 0 Å². The Kier molecular flexibility index (Phi) is 2.93. The molecule has 0 aliphatic carbocycles. The van der Waals surface area contributed by atoms with Crippen LogP contribution in [0.2, 0.25) is 0 Å². The van der Waals surface area contributed by atoms with E-state index in [2.05, 4.69) is 4.98 Å². The number of aliphatic hydroxyl groups is 1. The zero-order valence-corrected chi connectivity index (χ0v) is 9.75. The van der Waals surface area contributed by atoms with Gasteiger partial charge >= 0.3 is 0 Å². The largest absolute Gasteiger partial charge is 0.394 e. The number of rotatable bonds is 3. The van der Waals surface area contributed by atoms with Gasteiger partial charge in [0.25, 0.3) is 11.8 Å². The van der Waals surface area contributed by atoms with Crippen LogP contribution in [0.3, 0.4) is 0 Å². The fourth-order valence-electron chi connectivity index (χ4n) is 1.98. The summed E-state index contributed by atoms with van der Waals surface area (Å²) in [6, 6.07) is 2.71. The van der Waals surface area contributed by atoms with Gasteiger partial charge in [-0.15, -0.1) is 0 Å². The first-order chi connectivity index (χ1) is 8.07. The van der Waals surface area contributed by atoms with Crippen LogP contribution in [-0.2, 0) is 0 Å². The first-order valence-electron chi connectivity index (χ1n) is 5.51. The molecule has 0 saturated carbocycles. The Balaban J connectivity index is 2.42. The molecule has 2 rings (SSSR count). The van der Waals surface area contributed by atoms with Crippen molar-refractivity contribution in [2.75, 3.05) is 6.61 Å². The quantitative estimate of drug-likeness (QED) is 0.781. The average Bonchev–Trinajstić information content (AvgIpc) is 2.56. The molecule has 0 aromatic carbocycles. The van der Waals surface area contributed by atoms with Gasteiger partial charge in [0.1, 0.15) is 5.69 Å². The van der Waals surface area contributed by atoms with Crippen LogP contribution in [0.4, 0.5) is 0 Å². The number of nitrogens with zero attached hydrogens (tertiary/aromatic N) is 2. The minimum atomic E-state index is -0.496. The second kappa shape index (κ2) is 4.25. The fraction of sp³-hybridized carbons (Fsp3) is 0.417. The molecule has 90 valence electrons. The highest BCUT2D eigenvalue weighted by Gasteiger charge is 2.41. The highest BCUT2D eigenvalue weighted by atomic mass is 16.3. The number of carbonyl (C=O) groups excluding carboxylic acids is 2. The van der Waals surface area contributed by atoms with Crippen molar-refractivity contribution in [2.24, 2.45) is 5.92 Å². The predicted molar refractivity (Wildman–Crippen MR) is 60.4 cm³/mol. The number of carbonyl (C=O) groups is 2. The summed E-state index contributed by atoms with van der Waals surface area (Å²) in [6.45, 7) is 3.48. The van der Waals surface area contributed by atoms with E-state index in [1.54, 1.807) is 12.1 Å².